The molecule has 5 heteroatoms. The highest BCUT2D eigenvalue weighted by molar-refractivity contribution is 9.10. The second-order valence-corrected chi connectivity index (χ2v) is 4.94. The summed E-state index contributed by atoms with van der Waals surface area (Å²) >= 11 is 3.37. The number of anilines is 1. The van der Waals surface area contributed by atoms with Crippen LogP contribution in [0.2, 0.25) is 0 Å². The molecule has 94 valence electrons. The van der Waals surface area contributed by atoms with E-state index < -0.39 is 0 Å². The van der Waals surface area contributed by atoms with Crippen LogP contribution in [0.5, 0.6) is 0 Å². The zero-order valence-corrected chi connectivity index (χ0v) is 11.8. The average molecular weight is 320 g/mol. The number of amides is 1. The molecule has 3 nitrogen and oxygen atoms in total. The Morgan fingerprint density at radius 3 is 2.41 bits per heavy atom. The van der Waals surface area contributed by atoms with E-state index >= 15 is 0 Å². The van der Waals surface area contributed by atoms with E-state index in [0.29, 0.717) is 0 Å². The lowest BCUT2D eigenvalue weighted by Crippen LogP contribution is -2.34. The fourth-order valence-electron chi connectivity index (χ4n) is 1.86. The van der Waals surface area contributed by atoms with Crippen molar-refractivity contribution in [3.63, 3.8) is 0 Å². The van der Waals surface area contributed by atoms with Gasteiger partial charge in [0.15, 0.2) is 0 Å². The Bertz CT molecular complexity index is 363. The molecule has 1 aromatic carbocycles. The van der Waals surface area contributed by atoms with E-state index in [2.05, 4.69) is 26.6 Å². The van der Waals surface area contributed by atoms with Gasteiger partial charge in [-0.25, -0.2) is 0 Å². The molecule has 2 rings (SSSR count). The summed E-state index contributed by atoms with van der Waals surface area (Å²) in [5.74, 6) is 0.300. The van der Waals surface area contributed by atoms with Gasteiger partial charge in [0.05, 0.1) is 0 Å². The van der Waals surface area contributed by atoms with Crippen molar-refractivity contribution >= 4 is 39.9 Å². The summed E-state index contributed by atoms with van der Waals surface area (Å²) in [5.41, 5.74) is 0.867. The molecule has 1 heterocycles. The van der Waals surface area contributed by atoms with E-state index in [1.807, 2.05) is 24.3 Å². The summed E-state index contributed by atoms with van der Waals surface area (Å²) in [7, 11) is 0. The summed E-state index contributed by atoms with van der Waals surface area (Å²) in [6, 6.07) is 7.67. The molecule has 17 heavy (non-hydrogen) atoms. The van der Waals surface area contributed by atoms with E-state index in [4.69, 9.17) is 0 Å². The van der Waals surface area contributed by atoms with E-state index in [1.165, 1.54) is 0 Å². The molecule has 1 aromatic rings. The maximum Gasteiger partial charge on any atom is 0.227 e. The van der Waals surface area contributed by atoms with Crippen molar-refractivity contribution in [2.75, 3.05) is 18.4 Å². The normalized spacial score (nSPS) is 16.1. The number of hydrogen-bond acceptors (Lipinski definition) is 2. The summed E-state index contributed by atoms with van der Waals surface area (Å²) in [4.78, 5) is 11.9. The Labute approximate surface area is 116 Å². The van der Waals surface area contributed by atoms with Crippen molar-refractivity contribution in [2.24, 2.45) is 5.92 Å². The molecule has 0 aliphatic carbocycles. The second-order valence-electron chi connectivity index (χ2n) is 4.02. The van der Waals surface area contributed by atoms with Gasteiger partial charge in [0, 0.05) is 16.1 Å². The van der Waals surface area contributed by atoms with Gasteiger partial charge in [-0.15, -0.1) is 12.4 Å². The molecule has 0 atom stereocenters. The quantitative estimate of drug-likeness (QED) is 0.880. The third-order valence-electron chi connectivity index (χ3n) is 2.82. The van der Waals surface area contributed by atoms with Gasteiger partial charge in [-0.3, -0.25) is 4.79 Å². The lowest BCUT2D eigenvalue weighted by atomic mass is 9.97. The maximum absolute atomic E-state index is 11.9. The summed E-state index contributed by atoms with van der Waals surface area (Å²) in [6.07, 6.45) is 1.87. The van der Waals surface area contributed by atoms with E-state index in [1.54, 1.807) is 0 Å². The van der Waals surface area contributed by atoms with E-state index in [0.717, 1.165) is 36.1 Å². The van der Waals surface area contributed by atoms with Crippen molar-refractivity contribution in [1.82, 2.24) is 5.32 Å². The number of carbonyl (C=O) groups is 1. The molecule has 0 bridgehead atoms. The van der Waals surface area contributed by atoms with Gasteiger partial charge < -0.3 is 10.6 Å². The van der Waals surface area contributed by atoms with Crippen LogP contribution in [0.4, 0.5) is 5.69 Å². The molecule has 0 aromatic heterocycles. The molecule has 1 aliphatic heterocycles. The second kappa shape index (κ2) is 6.99. The lowest BCUT2D eigenvalue weighted by molar-refractivity contribution is -0.120. The largest absolute Gasteiger partial charge is 0.326 e. The van der Waals surface area contributed by atoms with E-state index in [-0.39, 0.29) is 24.2 Å². The number of halogens is 2. The van der Waals surface area contributed by atoms with Gasteiger partial charge in [0.25, 0.3) is 0 Å². The number of nitrogens with one attached hydrogen (secondary N) is 2. The molecule has 0 radical (unpaired) electrons. The number of piperidine rings is 1. The molecular weight excluding hydrogens is 304 g/mol. The maximum atomic E-state index is 11.9. The monoisotopic (exact) mass is 318 g/mol. The van der Waals surface area contributed by atoms with Gasteiger partial charge in [-0.2, -0.15) is 0 Å². The van der Waals surface area contributed by atoms with Crippen LogP contribution in [-0.2, 0) is 4.79 Å². The fraction of sp³-hybridized carbons (Fsp3) is 0.417. The first-order valence-electron chi connectivity index (χ1n) is 5.53. The van der Waals surface area contributed by atoms with Crippen LogP contribution in [-0.4, -0.2) is 19.0 Å². The van der Waals surface area contributed by atoms with Crippen molar-refractivity contribution in [3.8, 4) is 0 Å². The van der Waals surface area contributed by atoms with Crippen molar-refractivity contribution in [1.29, 1.82) is 0 Å². The molecular formula is C12H16BrClN2O. The highest BCUT2D eigenvalue weighted by Crippen LogP contribution is 2.17. The summed E-state index contributed by atoms with van der Waals surface area (Å²) in [5, 5.41) is 6.21. The highest BCUT2D eigenvalue weighted by atomic mass is 79.9. The minimum Gasteiger partial charge on any atom is -0.326 e. The van der Waals surface area contributed by atoms with Crippen LogP contribution in [0.3, 0.4) is 0 Å². The Morgan fingerprint density at radius 2 is 1.82 bits per heavy atom. The molecule has 1 aliphatic rings. The zero-order valence-electron chi connectivity index (χ0n) is 9.41. The average Bonchev–Trinajstić information content (AvgIpc) is 2.33. The predicted octanol–water partition coefficient (Wildman–Crippen LogP) is 2.81. The molecule has 0 unspecified atom stereocenters. The fourth-order valence-corrected chi connectivity index (χ4v) is 2.13. The first-order valence-corrected chi connectivity index (χ1v) is 6.32. The number of hydrogen-bond donors (Lipinski definition) is 2. The van der Waals surface area contributed by atoms with Gasteiger partial charge >= 0.3 is 0 Å². The lowest BCUT2D eigenvalue weighted by Gasteiger charge is -2.21. The minimum atomic E-state index is 0. The van der Waals surface area contributed by atoms with E-state index in [9.17, 15) is 4.79 Å². The van der Waals surface area contributed by atoms with Crippen LogP contribution in [0.15, 0.2) is 28.7 Å². The molecule has 1 amide bonds. The Balaban J connectivity index is 0.00000144. The van der Waals surface area contributed by atoms with Crippen molar-refractivity contribution < 1.29 is 4.79 Å². The first-order chi connectivity index (χ1) is 7.75. The Kier molecular flexibility index (Phi) is 5.95. The topological polar surface area (TPSA) is 41.1 Å². The Hall–Kier alpha value is -0.580. The van der Waals surface area contributed by atoms with Crippen LogP contribution in [0.25, 0.3) is 0 Å². The standard InChI is InChI=1S/C12H15BrN2O.ClH/c13-10-1-3-11(4-2-10)15-12(16)9-5-7-14-8-6-9;/h1-4,9,14H,5-8H2,(H,15,16);1H. The molecule has 2 N–H and O–H groups in total. The highest BCUT2D eigenvalue weighted by Gasteiger charge is 2.20. The van der Waals surface area contributed by atoms with Crippen LogP contribution in [0.1, 0.15) is 12.8 Å². The third-order valence-corrected chi connectivity index (χ3v) is 3.35. The summed E-state index contributed by atoms with van der Waals surface area (Å²) in [6.45, 7) is 1.89. The third kappa shape index (κ3) is 4.30. The zero-order chi connectivity index (χ0) is 11.4. The minimum absolute atomic E-state index is 0. The van der Waals surface area contributed by atoms with Gasteiger partial charge in [0.1, 0.15) is 0 Å². The van der Waals surface area contributed by atoms with Crippen molar-refractivity contribution in [2.45, 2.75) is 12.8 Å². The predicted molar refractivity (Wildman–Crippen MR) is 75.6 cm³/mol. The van der Waals surface area contributed by atoms with Crippen molar-refractivity contribution in [3.05, 3.63) is 28.7 Å². The molecule has 0 saturated carbocycles. The molecule has 0 spiro atoms. The summed E-state index contributed by atoms with van der Waals surface area (Å²) < 4.78 is 1.02. The smallest absolute Gasteiger partial charge is 0.227 e. The molecule has 1 saturated heterocycles. The van der Waals surface area contributed by atoms with Gasteiger partial charge in [0.2, 0.25) is 5.91 Å². The van der Waals surface area contributed by atoms with Gasteiger partial charge in [-0.1, -0.05) is 15.9 Å². The molecule has 1 fully saturated rings. The SMILES string of the molecule is Cl.O=C(Nc1ccc(Br)cc1)C1CCNCC1. The Morgan fingerprint density at radius 1 is 1.24 bits per heavy atom. The number of benzene rings is 1. The van der Waals surface area contributed by atoms with Crippen LogP contribution < -0.4 is 10.6 Å². The number of carbonyl (C=O) groups excluding carboxylic acids is 1. The first kappa shape index (κ1) is 14.5. The van der Waals surface area contributed by atoms with Crippen LogP contribution >= 0.6 is 28.3 Å². The number of rotatable bonds is 2. The van der Waals surface area contributed by atoms with Gasteiger partial charge in [-0.05, 0) is 50.2 Å². The van der Waals surface area contributed by atoms with Crippen LogP contribution in [0, 0.1) is 5.92 Å².